The first-order valence-corrected chi connectivity index (χ1v) is 6.04. The van der Waals surface area contributed by atoms with Crippen LogP contribution in [0.3, 0.4) is 0 Å². The first-order valence-electron chi connectivity index (χ1n) is 6.04. The second kappa shape index (κ2) is 9.70. The summed E-state index contributed by atoms with van der Waals surface area (Å²) in [6, 6.07) is 0. The van der Waals surface area contributed by atoms with Crippen molar-refractivity contribution in [3.8, 4) is 0 Å². The molecule has 86 valence electrons. The Morgan fingerprint density at radius 2 is 2.00 bits per heavy atom. The molecule has 0 radical (unpaired) electrons. The van der Waals surface area contributed by atoms with Crippen molar-refractivity contribution in [1.29, 1.82) is 0 Å². The number of unbranched alkanes of at least 4 members (excludes halogenated alkanes) is 3. The lowest BCUT2D eigenvalue weighted by Crippen LogP contribution is -2.00. The number of rotatable bonds is 8. The maximum absolute atomic E-state index is 10.8. The van der Waals surface area contributed by atoms with Crippen LogP contribution in [0.4, 0.5) is 0 Å². The molecule has 1 unspecified atom stereocenters. The first-order chi connectivity index (χ1) is 7.26. The van der Waals surface area contributed by atoms with Crippen molar-refractivity contribution in [3.05, 3.63) is 23.8 Å². The molecule has 0 aromatic carbocycles. The third kappa shape index (κ3) is 7.12. The monoisotopic (exact) mass is 208 g/mol. The molecule has 0 aliphatic rings. The highest BCUT2D eigenvalue weighted by atomic mass is 16.1. The van der Waals surface area contributed by atoms with Crippen molar-refractivity contribution >= 4 is 6.29 Å². The molecule has 0 aromatic heterocycles. The fourth-order valence-electron chi connectivity index (χ4n) is 1.57. The van der Waals surface area contributed by atoms with Gasteiger partial charge >= 0.3 is 0 Å². The van der Waals surface area contributed by atoms with Crippen LogP contribution < -0.4 is 0 Å². The molecule has 0 rings (SSSR count). The minimum Gasteiger partial charge on any atom is -0.298 e. The van der Waals surface area contributed by atoms with Crippen LogP contribution in [0.25, 0.3) is 0 Å². The summed E-state index contributed by atoms with van der Waals surface area (Å²) in [5.41, 5.74) is 0.921. The van der Waals surface area contributed by atoms with E-state index < -0.39 is 0 Å². The highest BCUT2D eigenvalue weighted by Crippen LogP contribution is 2.17. The summed E-state index contributed by atoms with van der Waals surface area (Å²) in [4.78, 5) is 10.8. The Morgan fingerprint density at radius 1 is 1.27 bits per heavy atom. The van der Waals surface area contributed by atoms with E-state index in [2.05, 4.69) is 13.8 Å². The van der Waals surface area contributed by atoms with Crippen LogP contribution >= 0.6 is 0 Å². The van der Waals surface area contributed by atoms with Gasteiger partial charge in [-0.05, 0) is 24.8 Å². The van der Waals surface area contributed by atoms with Crippen LogP contribution in [0, 0.1) is 5.92 Å². The Hall–Kier alpha value is -0.850. The molecule has 0 bridgehead atoms. The molecule has 1 atom stereocenters. The highest BCUT2D eigenvalue weighted by Gasteiger charge is 2.06. The topological polar surface area (TPSA) is 17.1 Å². The van der Waals surface area contributed by atoms with E-state index in [1.807, 2.05) is 25.2 Å². The van der Waals surface area contributed by atoms with Gasteiger partial charge in [0.2, 0.25) is 0 Å². The van der Waals surface area contributed by atoms with Crippen LogP contribution in [0.15, 0.2) is 23.8 Å². The second-order valence-corrected chi connectivity index (χ2v) is 4.06. The van der Waals surface area contributed by atoms with Crippen molar-refractivity contribution in [2.75, 3.05) is 0 Å². The molecule has 0 amide bonds. The van der Waals surface area contributed by atoms with Gasteiger partial charge in [-0.1, -0.05) is 57.8 Å². The summed E-state index contributed by atoms with van der Waals surface area (Å²) in [7, 11) is 0. The summed E-state index contributed by atoms with van der Waals surface area (Å²) in [6.45, 7) is 6.31. The van der Waals surface area contributed by atoms with E-state index >= 15 is 0 Å². The fourth-order valence-corrected chi connectivity index (χ4v) is 1.57. The summed E-state index contributed by atoms with van der Waals surface area (Å²) >= 11 is 0. The third-order valence-electron chi connectivity index (χ3n) is 2.68. The summed E-state index contributed by atoms with van der Waals surface area (Å²) < 4.78 is 0. The Bertz CT molecular complexity index is 213. The average Bonchev–Trinajstić information content (AvgIpc) is 2.25. The lowest BCUT2D eigenvalue weighted by atomic mass is 9.95. The lowest BCUT2D eigenvalue weighted by Gasteiger charge is -2.10. The van der Waals surface area contributed by atoms with Crippen molar-refractivity contribution < 1.29 is 4.79 Å². The van der Waals surface area contributed by atoms with Crippen LogP contribution in [-0.4, -0.2) is 6.29 Å². The zero-order chi connectivity index (χ0) is 11.5. The zero-order valence-electron chi connectivity index (χ0n) is 10.3. The standard InChI is InChI=1S/C14H24O/c1-4-6-8-9-10-13(3)14(12-15)11-7-5-2/h5,7,11-13H,4,6,8-10H2,1-3H3. The summed E-state index contributed by atoms with van der Waals surface area (Å²) in [5, 5.41) is 0. The van der Waals surface area contributed by atoms with Crippen molar-refractivity contribution in [2.24, 2.45) is 5.92 Å². The van der Waals surface area contributed by atoms with Gasteiger partial charge in [-0.25, -0.2) is 0 Å². The Morgan fingerprint density at radius 3 is 2.53 bits per heavy atom. The minimum absolute atomic E-state index is 0.399. The van der Waals surface area contributed by atoms with Gasteiger partial charge in [0, 0.05) is 0 Å². The number of allylic oxidation sites excluding steroid dienone is 4. The predicted molar refractivity (Wildman–Crippen MR) is 66.9 cm³/mol. The number of carbonyl (C=O) groups is 1. The first kappa shape index (κ1) is 14.2. The van der Waals surface area contributed by atoms with Crippen LogP contribution in [0.5, 0.6) is 0 Å². The maximum Gasteiger partial charge on any atom is 0.146 e. The number of carbonyl (C=O) groups excluding carboxylic acids is 1. The van der Waals surface area contributed by atoms with Crippen LogP contribution in [0.1, 0.15) is 52.9 Å². The van der Waals surface area contributed by atoms with Crippen molar-refractivity contribution in [2.45, 2.75) is 52.9 Å². The van der Waals surface area contributed by atoms with Gasteiger partial charge in [0.25, 0.3) is 0 Å². The molecule has 0 fully saturated rings. The predicted octanol–water partition coefficient (Wildman–Crippen LogP) is 4.29. The van der Waals surface area contributed by atoms with E-state index in [4.69, 9.17) is 0 Å². The Kier molecular flexibility index (Phi) is 9.15. The molecule has 0 N–H and O–H groups in total. The van der Waals surface area contributed by atoms with E-state index in [0.717, 1.165) is 18.3 Å². The van der Waals surface area contributed by atoms with E-state index in [1.165, 1.54) is 25.7 Å². The van der Waals surface area contributed by atoms with Gasteiger partial charge in [-0.3, -0.25) is 4.79 Å². The van der Waals surface area contributed by atoms with Crippen LogP contribution in [0.2, 0.25) is 0 Å². The molecule has 0 saturated heterocycles. The lowest BCUT2D eigenvalue weighted by molar-refractivity contribution is -0.105. The molecule has 0 aliphatic carbocycles. The van der Waals surface area contributed by atoms with E-state index in [0.29, 0.717) is 5.92 Å². The number of hydrogen-bond donors (Lipinski definition) is 0. The van der Waals surface area contributed by atoms with Crippen molar-refractivity contribution in [1.82, 2.24) is 0 Å². The van der Waals surface area contributed by atoms with E-state index in [-0.39, 0.29) is 0 Å². The maximum atomic E-state index is 10.8. The van der Waals surface area contributed by atoms with Gasteiger partial charge < -0.3 is 0 Å². The molecule has 15 heavy (non-hydrogen) atoms. The largest absolute Gasteiger partial charge is 0.298 e. The molecule has 0 spiro atoms. The third-order valence-corrected chi connectivity index (χ3v) is 2.68. The number of aldehydes is 1. The SMILES string of the molecule is CC=CC=C(C=O)C(C)CCCCCC. The molecular formula is C14H24O. The van der Waals surface area contributed by atoms with Crippen molar-refractivity contribution in [3.63, 3.8) is 0 Å². The van der Waals surface area contributed by atoms with E-state index in [1.54, 1.807) is 0 Å². The van der Waals surface area contributed by atoms with Gasteiger partial charge in [-0.2, -0.15) is 0 Å². The molecule has 0 aromatic rings. The number of hydrogen-bond acceptors (Lipinski definition) is 1. The Labute approximate surface area is 94.3 Å². The fraction of sp³-hybridized carbons (Fsp3) is 0.643. The summed E-state index contributed by atoms with van der Waals surface area (Å²) in [5.74, 6) is 0.399. The summed E-state index contributed by atoms with van der Waals surface area (Å²) in [6.07, 6.45) is 13.0. The second-order valence-electron chi connectivity index (χ2n) is 4.06. The molecule has 1 nitrogen and oxygen atoms in total. The zero-order valence-corrected chi connectivity index (χ0v) is 10.3. The van der Waals surface area contributed by atoms with E-state index in [9.17, 15) is 4.79 Å². The minimum atomic E-state index is 0.399. The normalized spacial score (nSPS) is 14.5. The molecule has 0 aliphatic heterocycles. The van der Waals surface area contributed by atoms with Gasteiger partial charge in [-0.15, -0.1) is 0 Å². The van der Waals surface area contributed by atoms with Gasteiger partial charge in [0.15, 0.2) is 0 Å². The molecule has 1 heteroatoms. The molecule has 0 heterocycles. The average molecular weight is 208 g/mol. The Balaban J connectivity index is 3.93. The smallest absolute Gasteiger partial charge is 0.146 e. The molecule has 0 saturated carbocycles. The van der Waals surface area contributed by atoms with Crippen LogP contribution in [-0.2, 0) is 4.79 Å². The van der Waals surface area contributed by atoms with Gasteiger partial charge in [0.05, 0.1) is 0 Å². The van der Waals surface area contributed by atoms with Gasteiger partial charge in [0.1, 0.15) is 6.29 Å². The molecular weight excluding hydrogens is 184 g/mol. The quantitative estimate of drug-likeness (QED) is 0.252. The highest BCUT2D eigenvalue weighted by molar-refractivity contribution is 5.74.